The number of benzene rings is 1. The molecule has 0 aliphatic heterocycles. The minimum absolute atomic E-state index is 0.345. The Balaban J connectivity index is 3.52. The third-order valence-corrected chi connectivity index (χ3v) is 5.42. The normalized spacial score (nSPS) is 15.9. The van der Waals surface area contributed by atoms with Gasteiger partial charge in [0.2, 0.25) is 0 Å². The van der Waals surface area contributed by atoms with Crippen LogP contribution in [0.3, 0.4) is 0 Å². The van der Waals surface area contributed by atoms with Crippen molar-refractivity contribution >= 4 is 33.3 Å². The van der Waals surface area contributed by atoms with E-state index in [2.05, 4.69) is 25.4 Å². The van der Waals surface area contributed by atoms with E-state index in [-0.39, 0.29) is 0 Å². The van der Waals surface area contributed by atoms with Crippen molar-refractivity contribution in [3.63, 3.8) is 0 Å². The molecule has 0 fully saturated rings. The van der Waals surface area contributed by atoms with Gasteiger partial charge in [0.1, 0.15) is 10.6 Å². The Hall–Kier alpha value is -0.770. The molecule has 136 valence electrons. The van der Waals surface area contributed by atoms with E-state index in [4.69, 9.17) is 0 Å². The minimum atomic E-state index is -3.22. The Bertz CT molecular complexity index is 598. The van der Waals surface area contributed by atoms with Crippen LogP contribution >= 0.6 is 15.9 Å². The van der Waals surface area contributed by atoms with Crippen LogP contribution < -0.4 is 4.72 Å². The Kier molecular flexibility index (Phi) is 7.16. The molecule has 0 radical (unpaired) electrons. The maximum Gasteiger partial charge on any atom is 0.308 e. The first-order valence-corrected chi connectivity index (χ1v) is 8.88. The summed E-state index contributed by atoms with van der Waals surface area (Å²) in [7, 11) is 1.04. The van der Waals surface area contributed by atoms with E-state index in [0.717, 1.165) is 19.2 Å². The first-order chi connectivity index (χ1) is 10.9. The third-order valence-electron chi connectivity index (χ3n) is 3.26. The molecule has 4 nitrogen and oxygen atoms in total. The predicted molar refractivity (Wildman–Crippen MR) is 89.4 cm³/mol. The Labute approximate surface area is 150 Å². The molecule has 2 atom stereocenters. The van der Waals surface area contributed by atoms with Crippen LogP contribution in [-0.2, 0) is 26.4 Å². The molecular weight excluding hydrogens is 411 g/mol. The second-order valence-electron chi connectivity index (χ2n) is 6.13. The van der Waals surface area contributed by atoms with E-state index in [9.17, 15) is 22.5 Å². The average Bonchev–Trinajstić information content (AvgIpc) is 2.47. The lowest BCUT2D eigenvalue weighted by Crippen LogP contribution is -2.56. The van der Waals surface area contributed by atoms with Gasteiger partial charge in [0.25, 0.3) is 6.43 Å². The quantitative estimate of drug-likeness (QED) is 0.553. The number of rotatable bonds is 6. The summed E-state index contributed by atoms with van der Waals surface area (Å²) in [5, 5.41) is 0. The number of esters is 1. The van der Waals surface area contributed by atoms with Crippen molar-refractivity contribution < 1.29 is 27.3 Å². The van der Waals surface area contributed by atoms with Gasteiger partial charge >= 0.3 is 5.97 Å². The largest absolute Gasteiger partial charge is 0.598 e. The van der Waals surface area contributed by atoms with Gasteiger partial charge in [0, 0.05) is 21.4 Å². The van der Waals surface area contributed by atoms with Crippen molar-refractivity contribution in [3.8, 4) is 0 Å². The highest BCUT2D eigenvalue weighted by atomic mass is 79.9. The van der Waals surface area contributed by atoms with Gasteiger partial charge in [-0.25, -0.2) is 13.2 Å². The molecule has 0 aromatic heterocycles. The highest BCUT2D eigenvalue weighted by Gasteiger charge is 2.51. The lowest BCUT2D eigenvalue weighted by molar-refractivity contribution is -0.144. The summed E-state index contributed by atoms with van der Waals surface area (Å²) >= 11 is 1.11. The molecule has 0 aliphatic rings. The van der Waals surface area contributed by atoms with Gasteiger partial charge < -0.3 is 9.29 Å². The number of hydrogen-bond acceptors (Lipinski definition) is 4. The van der Waals surface area contributed by atoms with E-state index < -0.39 is 51.8 Å². The molecule has 0 unspecified atom stereocenters. The molecule has 1 aromatic carbocycles. The van der Waals surface area contributed by atoms with E-state index in [1.807, 2.05) is 0 Å². The third kappa shape index (κ3) is 4.87. The molecule has 1 aromatic rings. The first-order valence-electron chi connectivity index (χ1n) is 6.94. The summed E-state index contributed by atoms with van der Waals surface area (Å²) in [6, 6.07) is 3.47. The monoisotopic (exact) mass is 429 g/mol. The smallest absolute Gasteiger partial charge is 0.308 e. The summed E-state index contributed by atoms with van der Waals surface area (Å²) < 4.78 is 60.9. The second-order valence-corrected chi connectivity index (χ2v) is 9.01. The topological polar surface area (TPSA) is 61.4 Å². The van der Waals surface area contributed by atoms with Gasteiger partial charge in [-0.05, 0) is 39.0 Å². The van der Waals surface area contributed by atoms with Crippen LogP contribution in [0.1, 0.15) is 32.8 Å². The van der Waals surface area contributed by atoms with E-state index in [1.54, 1.807) is 20.8 Å². The van der Waals surface area contributed by atoms with Gasteiger partial charge in [-0.3, -0.25) is 4.79 Å². The molecule has 0 aliphatic carbocycles. The van der Waals surface area contributed by atoms with Gasteiger partial charge in [-0.1, -0.05) is 15.9 Å². The zero-order chi connectivity index (χ0) is 18.7. The van der Waals surface area contributed by atoms with E-state index in [0.29, 0.717) is 4.47 Å². The number of ether oxygens (including phenoxy) is 1. The van der Waals surface area contributed by atoms with E-state index >= 15 is 0 Å². The fourth-order valence-corrected chi connectivity index (χ4v) is 3.15. The summed E-state index contributed by atoms with van der Waals surface area (Å²) in [5.41, 5.74) is -2.95. The second kappa shape index (κ2) is 8.07. The number of alkyl halides is 2. The zero-order valence-electron chi connectivity index (χ0n) is 13.7. The van der Waals surface area contributed by atoms with Crippen molar-refractivity contribution in [1.29, 1.82) is 0 Å². The Morgan fingerprint density at radius 1 is 1.42 bits per heavy atom. The van der Waals surface area contributed by atoms with Crippen LogP contribution in [0.4, 0.5) is 13.2 Å². The van der Waals surface area contributed by atoms with Crippen molar-refractivity contribution in [2.24, 2.45) is 0 Å². The molecular formula is C15H19BrF3NO3S. The number of halogens is 4. The van der Waals surface area contributed by atoms with Gasteiger partial charge in [0.05, 0.1) is 13.5 Å². The molecule has 0 heterocycles. The number of nitrogens with one attached hydrogen (secondary N) is 1. The average molecular weight is 430 g/mol. The molecule has 0 amide bonds. The predicted octanol–water partition coefficient (Wildman–Crippen LogP) is 3.66. The molecule has 24 heavy (non-hydrogen) atoms. The van der Waals surface area contributed by atoms with Crippen LogP contribution in [0.25, 0.3) is 0 Å². The number of hydrogen-bond donors (Lipinski definition) is 1. The van der Waals surface area contributed by atoms with E-state index in [1.165, 1.54) is 6.07 Å². The maximum atomic E-state index is 14.3. The molecule has 9 heteroatoms. The lowest BCUT2D eigenvalue weighted by Gasteiger charge is -2.36. The molecule has 0 bridgehead atoms. The van der Waals surface area contributed by atoms with Crippen LogP contribution in [0.5, 0.6) is 0 Å². The number of methoxy groups -OCH3 is 1. The van der Waals surface area contributed by atoms with Crippen molar-refractivity contribution in [3.05, 3.63) is 34.1 Å². The minimum Gasteiger partial charge on any atom is -0.598 e. The van der Waals surface area contributed by atoms with Crippen LogP contribution in [0.15, 0.2) is 22.7 Å². The van der Waals surface area contributed by atoms with Gasteiger partial charge in [-0.2, -0.15) is 0 Å². The number of carbonyl (C=O) groups is 1. The molecule has 0 spiro atoms. The summed E-state index contributed by atoms with van der Waals surface area (Å²) in [4.78, 5) is 11.7. The highest BCUT2D eigenvalue weighted by molar-refractivity contribution is 9.10. The Morgan fingerprint density at radius 2 is 2.00 bits per heavy atom. The standard InChI is InChI=1S/C15H19BrF3NO3S/c1-14(2,3)24(22)20-15(13(18)19,8-12(21)23-4)10-7-9(16)5-6-11(10)17/h5-7,13,20H,8H2,1-4H3/t15-,24+/m1/s1. The fourth-order valence-electron chi connectivity index (χ4n) is 1.88. The first kappa shape index (κ1) is 21.3. The van der Waals surface area contributed by atoms with Crippen LogP contribution in [0, 0.1) is 5.82 Å². The maximum absolute atomic E-state index is 14.3. The highest BCUT2D eigenvalue weighted by Crippen LogP contribution is 2.37. The number of carbonyl (C=O) groups excluding carboxylic acids is 1. The Morgan fingerprint density at radius 3 is 2.46 bits per heavy atom. The van der Waals surface area contributed by atoms with Crippen molar-refractivity contribution in [1.82, 2.24) is 4.72 Å². The van der Waals surface area contributed by atoms with Crippen LogP contribution in [0.2, 0.25) is 0 Å². The van der Waals surface area contributed by atoms with Crippen molar-refractivity contribution in [2.75, 3.05) is 7.11 Å². The molecule has 1 rings (SSSR count). The molecule has 1 N–H and O–H groups in total. The lowest BCUT2D eigenvalue weighted by atomic mass is 9.87. The summed E-state index contributed by atoms with van der Waals surface area (Å²) in [6.45, 7) is 4.71. The zero-order valence-corrected chi connectivity index (χ0v) is 16.1. The SMILES string of the molecule is COC(=O)C[C@@](N[S@@+]([O-])C(C)(C)C)(c1cc(Br)ccc1F)C(F)F. The van der Waals surface area contributed by atoms with Crippen molar-refractivity contribution in [2.45, 2.75) is 43.9 Å². The van der Waals surface area contributed by atoms with Gasteiger partial charge in [0.15, 0.2) is 5.54 Å². The fraction of sp³-hybridized carbons (Fsp3) is 0.533. The molecule has 0 saturated heterocycles. The summed E-state index contributed by atoms with van der Waals surface area (Å²) in [5.74, 6) is -1.92. The van der Waals surface area contributed by atoms with Crippen LogP contribution in [-0.4, -0.2) is 28.8 Å². The summed E-state index contributed by atoms with van der Waals surface area (Å²) in [6.07, 6.45) is -4.09. The van der Waals surface area contributed by atoms with Gasteiger partial charge in [-0.15, -0.1) is 4.72 Å². The molecule has 0 saturated carbocycles.